The Morgan fingerprint density at radius 2 is 2.11 bits per heavy atom. The highest BCUT2D eigenvalue weighted by atomic mass is 19.1. The summed E-state index contributed by atoms with van der Waals surface area (Å²) in [4.78, 5) is 5.24. The quantitative estimate of drug-likeness (QED) is 0.666. The Morgan fingerprint density at radius 1 is 1.15 bits per heavy atom. The van der Waals surface area contributed by atoms with Crippen molar-refractivity contribution in [1.82, 2.24) is 10.3 Å². The molecule has 1 fully saturated rings. The Bertz CT molecular complexity index is 970. The number of nitrogens with zero attached hydrogens (tertiary/aromatic N) is 1. The molecule has 1 aromatic heterocycles. The Morgan fingerprint density at radius 3 is 3.07 bits per heavy atom. The van der Waals surface area contributed by atoms with Crippen LogP contribution in [0.5, 0.6) is 0 Å². The van der Waals surface area contributed by atoms with Gasteiger partial charge in [-0.2, -0.15) is 0 Å². The molecule has 140 valence electrons. The molecule has 2 aromatic carbocycles. The number of ether oxygens (including phenoxy) is 1. The molecule has 5 nitrogen and oxygen atoms in total. The van der Waals surface area contributed by atoms with Crippen LogP contribution in [-0.4, -0.2) is 37.5 Å². The van der Waals surface area contributed by atoms with Gasteiger partial charge in [-0.25, -0.2) is 4.39 Å². The molecule has 3 N–H and O–H groups in total. The fourth-order valence-electron chi connectivity index (χ4n) is 4.10. The molecule has 1 unspecified atom stereocenters. The van der Waals surface area contributed by atoms with Gasteiger partial charge in [0.15, 0.2) is 0 Å². The maximum atomic E-state index is 14.6. The third-order valence-corrected chi connectivity index (χ3v) is 5.46. The fourth-order valence-corrected chi connectivity index (χ4v) is 4.10. The normalized spacial score (nSPS) is 19.9. The molecule has 2 aliphatic rings. The van der Waals surface area contributed by atoms with Crippen molar-refractivity contribution in [3.63, 3.8) is 0 Å². The summed E-state index contributed by atoms with van der Waals surface area (Å²) >= 11 is 0. The number of benzene rings is 2. The predicted octanol–water partition coefficient (Wildman–Crippen LogP) is 3.23. The summed E-state index contributed by atoms with van der Waals surface area (Å²) < 4.78 is 20.5. The van der Waals surface area contributed by atoms with Gasteiger partial charge in [0, 0.05) is 35.9 Å². The van der Waals surface area contributed by atoms with E-state index in [2.05, 4.69) is 38.7 Å². The lowest BCUT2D eigenvalue weighted by Gasteiger charge is -2.35. The van der Waals surface area contributed by atoms with E-state index in [1.165, 1.54) is 17.2 Å². The second-order valence-electron chi connectivity index (χ2n) is 7.19. The number of H-pyrrole nitrogens is 1. The first kappa shape index (κ1) is 16.6. The zero-order chi connectivity index (χ0) is 18.2. The van der Waals surface area contributed by atoms with E-state index >= 15 is 0 Å². The molecule has 0 spiro atoms. The molecule has 2 aliphatic heterocycles. The number of rotatable bonds is 3. The van der Waals surface area contributed by atoms with E-state index in [9.17, 15) is 4.39 Å². The summed E-state index contributed by atoms with van der Waals surface area (Å²) in [6.07, 6.45) is 2.72. The Labute approximate surface area is 157 Å². The zero-order valence-electron chi connectivity index (χ0n) is 15.1. The lowest BCUT2D eigenvalue weighted by Crippen LogP contribution is -2.46. The number of halogens is 1. The molecular formula is C21H23FN4O. The monoisotopic (exact) mass is 366 g/mol. The van der Waals surface area contributed by atoms with E-state index in [-0.39, 0.29) is 12.0 Å². The smallest absolute Gasteiger partial charge is 0.147 e. The van der Waals surface area contributed by atoms with Crippen molar-refractivity contribution in [1.29, 1.82) is 0 Å². The first-order valence-electron chi connectivity index (χ1n) is 9.49. The van der Waals surface area contributed by atoms with Crippen molar-refractivity contribution in [2.45, 2.75) is 19.2 Å². The maximum absolute atomic E-state index is 14.6. The van der Waals surface area contributed by atoms with E-state index < -0.39 is 0 Å². The van der Waals surface area contributed by atoms with Gasteiger partial charge in [0.2, 0.25) is 0 Å². The molecule has 3 aromatic rings. The molecule has 1 saturated heterocycles. The second-order valence-corrected chi connectivity index (χ2v) is 7.19. The molecule has 27 heavy (non-hydrogen) atoms. The van der Waals surface area contributed by atoms with Gasteiger partial charge in [0.1, 0.15) is 12.0 Å². The minimum absolute atomic E-state index is 0.174. The van der Waals surface area contributed by atoms with Crippen LogP contribution >= 0.6 is 0 Å². The second kappa shape index (κ2) is 6.87. The highest BCUT2D eigenvalue weighted by molar-refractivity contribution is 5.92. The summed E-state index contributed by atoms with van der Waals surface area (Å²) in [5, 5.41) is 7.78. The number of nitrogens with one attached hydrogen (secondary N) is 3. The number of fused-ring (bicyclic) bond motifs is 2. The molecule has 0 amide bonds. The standard InChI is InChI=1S/C21H23FN4O/c22-18-3-4-19-17(6-8-24-19)21(18)26-9-10-27-20(13-26)25-16-2-1-15-12-23-7-5-14(15)11-16/h1-4,6,8,11,20,23-25H,5,7,9-10,12-13H2. The van der Waals surface area contributed by atoms with Gasteiger partial charge in [-0.15, -0.1) is 0 Å². The number of aromatic nitrogens is 1. The molecule has 0 aliphatic carbocycles. The van der Waals surface area contributed by atoms with Crippen molar-refractivity contribution >= 4 is 22.3 Å². The summed E-state index contributed by atoms with van der Waals surface area (Å²) in [5.74, 6) is -0.191. The first-order valence-corrected chi connectivity index (χ1v) is 9.49. The highest BCUT2D eigenvalue weighted by Gasteiger charge is 2.24. The van der Waals surface area contributed by atoms with Crippen LogP contribution in [-0.2, 0) is 17.7 Å². The predicted molar refractivity (Wildman–Crippen MR) is 106 cm³/mol. The molecule has 5 rings (SSSR count). The first-order chi connectivity index (χ1) is 13.3. The van der Waals surface area contributed by atoms with Crippen molar-refractivity contribution in [2.75, 3.05) is 36.5 Å². The molecular weight excluding hydrogens is 343 g/mol. The van der Waals surface area contributed by atoms with Crippen LogP contribution in [0.2, 0.25) is 0 Å². The van der Waals surface area contributed by atoms with Crippen LogP contribution in [0.25, 0.3) is 10.9 Å². The Balaban J connectivity index is 1.36. The SMILES string of the molecule is Fc1ccc2[nH]ccc2c1N1CCOC(Nc2ccc3c(c2)CCNC3)C1. The van der Waals surface area contributed by atoms with E-state index in [0.29, 0.717) is 25.4 Å². The molecule has 0 bridgehead atoms. The maximum Gasteiger partial charge on any atom is 0.147 e. The van der Waals surface area contributed by atoms with Gasteiger partial charge in [-0.05, 0) is 54.4 Å². The van der Waals surface area contributed by atoms with Gasteiger partial charge in [0.25, 0.3) is 0 Å². The van der Waals surface area contributed by atoms with Crippen molar-refractivity contribution < 1.29 is 9.13 Å². The zero-order valence-corrected chi connectivity index (χ0v) is 15.1. The largest absolute Gasteiger partial charge is 0.362 e. The number of aromatic amines is 1. The topological polar surface area (TPSA) is 52.3 Å². The van der Waals surface area contributed by atoms with Crippen molar-refractivity contribution in [2.24, 2.45) is 0 Å². The van der Waals surface area contributed by atoms with Crippen LogP contribution < -0.4 is 15.5 Å². The Kier molecular flexibility index (Phi) is 4.22. The van der Waals surface area contributed by atoms with Gasteiger partial charge in [-0.1, -0.05) is 6.07 Å². The molecule has 0 radical (unpaired) electrons. The number of hydrogen-bond acceptors (Lipinski definition) is 4. The average molecular weight is 366 g/mol. The molecule has 3 heterocycles. The minimum atomic E-state index is -0.191. The van der Waals surface area contributed by atoms with Crippen LogP contribution in [0, 0.1) is 5.82 Å². The van der Waals surface area contributed by atoms with Gasteiger partial charge >= 0.3 is 0 Å². The van der Waals surface area contributed by atoms with Crippen LogP contribution in [0.3, 0.4) is 0 Å². The summed E-state index contributed by atoms with van der Waals surface area (Å²) in [7, 11) is 0. The lowest BCUT2D eigenvalue weighted by atomic mass is 10.0. The van der Waals surface area contributed by atoms with E-state index in [1.807, 2.05) is 12.3 Å². The number of morpholine rings is 1. The third kappa shape index (κ3) is 3.15. The summed E-state index contributed by atoms with van der Waals surface area (Å²) in [6.45, 7) is 3.79. The van der Waals surface area contributed by atoms with E-state index in [1.54, 1.807) is 6.07 Å². The van der Waals surface area contributed by atoms with Gasteiger partial charge < -0.3 is 25.3 Å². The minimum Gasteiger partial charge on any atom is -0.362 e. The Hall–Kier alpha value is -2.57. The number of anilines is 2. The van der Waals surface area contributed by atoms with Gasteiger partial charge in [0.05, 0.1) is 18.8 Å². The average Bonchev–Trinajstić information content (AvgIpc) is 3.16. The molecule has 0 saturated carbocycles. The van der Waals surface area contributed by atoms with Crippen molar-refractivity contribution in [3.8, 4) is 0 Å². The van der Waals surface area contributed by atoms with E-state index in [0.717, 1.165) is 36.1 Å². The van der Waals surface area contributed by atoms with E-state index in [4.69, 9.17) is 4.74 Å². The number of hydrogen-bond donors (Lipinski definition) is 3. The summed E-state index contributed by atoms with van der Waals surface area (Å²) in [5.41, 5.74) is 5.41. The van der Waals surface area contributed by atoms with Crippen LogP contribution in [0.4, 0.5) is 15.8 Å². The lowest BCUT2D eigenvalue weighted by molar-refractivity contribution is 0.0590. The molecule has 6 heteroatoms. The molecule has 1 atom stereocenters. The van der Waals surface area contributed by atoms with Crippen LogP contribution in [0.1, 0.15) is 11.1 Å². The third-order valence-electron chi connectivity index (χ3n) is 5.46. The highest BCUT2D eigenvalue weighted by Crippen LogP contribution is 2.31. The van der Waals surface area contributed by atoms with Gasteiger partial charge in [-0.3, -0.25) is 0 Å². The van der Waals surface area contributed by atoms with Crippen molar-refractivity contribution in [3.05, 3.63) is 59.5 Å². The summed E-state index contributed by atoms with van der Waals surface area (Å²) in [6, 6.07) is 11.7. The fraction of sp³-hybridized carbons (Fsp3) is 0.333. The van der Waals surface area contributed by atoms with Crippen LogP contribution in [0.15, 0.2) is 42.6 Å².